The quantitative estimate of drug-likeness (QED) is 0.729. The number of hydrogen-bond donors (Lipinski definition) is 2. The Bertz CT molecular complexity index is 377. The molecule has 18 heavy (non-hydrogen) atoms. The number of carbonyl (C=O) groups is 1. The van der Waals surface area contributed by atoms with Crippen molar-refractivity contribution < 1.29 is 13.6 Å². The first-order valence-corrected chi connectivity index (χ1v) is 5.95. The van der Waals surface area contributed by atoms with Gasteiger partial charge in [0.15, 0.2) is 0 Å². The normalized spacial score (nSPS) is 11.2. The number of amides is 1. The molecule has 1 amide bonds. The first-order chi connectivity index (χ1) is 8.50. The maximum Gasteiger partial charge on any atom is 0.267 e. The van der Waals surface area contributed by atoms with E-state index in [9.17, 15) is 13.6 Å². The zero-order chi connectivity index (χ0) is 13.5. The molecule has 0 fully saturated rings. The van der Waals surface area contributed by atoms with Gasteiger partial charge in [-0.1, -0.05) is 13.8 Å². The molecule has 0 atom stereocenters. The standard InChI is InChI=1S/C12H19F2N3O/c1-9(2)15-5-6-16-12(18)10-4-3-7-17(10)8-11(13)14/h3-4,7,9,11,15H,5-6,8H2,1-2H3,(H,16,18). The Balaban J connectivity index is 2.44. The molecule has 4 nitrogen and oxygen atoms in total. The predicted molar refractivity (Wildman–Crippen MR) is 65.9 cm³/mol. The first-order valence-electron chi connectivity index (χ1n) is 5.95. The number of aromatic nitrogens is 1. The van der Waals surface area contributed by atoms with E-state index in [1.165, 1.54) is 16.8 Å². The van der Waals surface area contributed by atoms with Gasteiger partial charge in [0, 0.05) is 25.3 Å². The Hall–Kier alpha value is -1.43. The minimum absolute atomic E-state index is 0.264. The SMILES string of the molecule is CC(C)NCCNC(=O)c1cccn1CC(F)F. The summed E-state index contributed by atoms with van der Waals surface area (Å²) in [5.74, 6) is -0.328. The summed E-state index contributed by atoms with van der Waals surface area (Å²) in [5.41, 5.74) is 0.264. The molecule has 1 rings (SSSR count). The van der Waals surface area contributed by atoms with Crippen LogP contribution in [-0.2, 0) is 6.54 Å². The molecule has 0 saturated heterocycles. The van der Waals surface area contributed by atoms with Gasteiger partial charge in [-0.25, -0.2) is 8.78 Å². The molecule has 0 aliphatic rings. The Morgan fingerprint density at radius 3 is 2.72 bits per heavy atom. The number of nitrogens with zero attached hydrogens (tertiary/aromatic N) is 1. The van der Waals surface area contributed by atoms with Gasteiger partial charge in [0.2, 0.25) is 0 Å². The van der Waals surface area contributed by atoms with E-state index in [2.05, 4.69) is 10.6 Å². The monoisotopic (exact) mass is 259 g/mol. The fourth-order valence-corrected chi connectivity index (χ4v) is 1.56. The zero-order valence-corrected chi connectivity index (χ0v) is 10.6. The molecule has 102 valence electrons. The van der Waals surface area contributed by atoms with E-state index < -0.39 is 13.0 Å². The third-order valence-corrected chi connectivity index (χ3v) is 2.36. The molecule has 0 saturated carbocycles. The average molecular weight is 259 g/mol. The lowest BCUT2D eigenvalue weighted by Gasteiger charge is -2.11. The minimum Gasteiger partial charge on any atom is -0.349 e. The van der Waals surface area contributed by atoms with Crippen LogP contribution in [0.2, 0.25) is 0 Å². The fourth-order valence-electron chi connectivity index (χ4n) is 1.56. The van der Waals surface area contributed by atoms with Gasteiger partial charge >= 0.3 is 0 Å². The number of carbonyl (C=O) groups excluding carboxylic acids is 1. The maximum atomic E-state index is 12.3. The lowest BCUT2D eigenvalue weighted by atomic mass is 10.3. The number of alkyl halides is 2. The van der Waals surface area contributed by atoms with Crippen molar-refractivity contribution in [3.05, 3.63) is 24.0 Å². The topological polar surface area (TPSA) is 46.1 Å². The van der Waals surface area contributed by atoms with Crippen molar-refractivity contribution in [3.63, 3.8) is 0 Å². The summed E-state index contributed by atoms with van der Waals surface area (Å²) in [6.07, 6.45) is -0.987. The van der Waals surface area contributed by atoms with Crippen LogP contribution in [0.4, 0.5) is 8.78 Å². The number of nitrogens with one attached hydrogen (secondary N) is 2. The first kappa shape index (κ1) is 14.6. The Morgan fingerprint density at radius 2 is 2.11 bits per heavy atom. The molecule has 0 bridgehead atoms. The molecule has 0 radical (unpaired) electrons. The van der Waals surface area contributed by atoms with Crippen molar-refractivity contribution in [1.82, 2.24) is 15.2 Å². The van der Waals surface area contributed by atoms with Crippen LogP contribution < -0.4 is 10.6 Å². The third kappa shape index (κ3) is 4.83. The van der Waals surface area contributed by atoms with Crippen molar-refractivity contribution in [2.75, 3.05) is 13.1 Å². The van der Waals surface area contributed by atoms with E-state index >= 15 is 0 Å². The zero-order valence-electron chi connectivity index (χ0n) is 10.6. The highest BCUT2D eigenvalue weighted by atomic mass is 19.3. The second kappa shape index (κ2) is 7.10. The Labute approximate surface area is 105 Å². The maximum absolute atomic E-state index is 12.3. The van der Waals surface area contributed by atoms with Gasteiger partial charge in [-0.2, -0.15) is 0 Å². The Morgan fingerprint density at radius 1 is 1.39 bits per heavy atom. The van der Waals surface area contributed by atoms with E-state index in [0.29, 0.717) is 19.1 Å². The molecule has 2 N–H and O–H groups in total. The lowest BCUT2D eigenvalue weighted by molar-refractivity contribution is 0.0930. The molecule has 0 spiro atoms. The minimum atomic E-state index is -2.47. The number of halogens is 2. The van der Waals surface area contributed by atoms with Crippen LogP contribution in [0, 0.1) is 0 Å². The fraction of sp³-hybridized carbons (Fsp3) is 0.583. The number of hydrogen-bond acceptors (Lipinski definition) is 2. The molecule has 0 aromatic carbocycles. The average Bonchev–Trinajstić information content (AvgIpc) is 2.71. The predicted octanol–water partition coefficient (Wildman–Crippen LogP) is 1.48. The van der Waals surface area contributed by atoms with Crippen LogP contribution in [0.3, 0.4) is 0 Å². The molecule has 6 heteroatoms. The Kier molecular flexibility index (Phi) is 5.77. The van der Waals surface area contributed by atoms with Gasteiger partial charge in [-0.05, 0) is 12.1 Å². The van der Waals surface area contributed by atoms with Crippen LogP contribution in [0.25, 0.3) is 0 Å². The van der Waals surface area contributed by atoms with Crippen LogP contribution in [0.5, 0.6) is 0 Å². The van der Waals surface area contributed by atoms with Crippen LogP contribution in [-0.4, -0.2) is 36.0 Å². The van der Waals surface area contributed by atoms with Gasteiger partial charge in [-0.15, -0.1) is 0 Å². The summed E-state index contributed by atoms with van der Waals surface area (Å²) in [6, 6.07) is 3.47. The van der Waals surface area contributed by atoms with Crippen molar-refractivity contribution in [2.45, 2.75) is 32.9 Å². The van der Waals surface area contributed by atoms with Crippen molar-refractivity contribution in [3.8, 4) is 0 Å². The van der Waals surface area contributed by atoms with Crippen LogP contribution >= 0.6 is 0 Å². The molecule has 1 aromatic rings. The van der Waals surface area contributed by atoms with E-state index in [0.717, 1.165) is 0 Å². The molecule has 0 unspecified atom stereocenters. The van der Waals surface area contributed by atoms with Crippen molar-refractivity contribution in [1.29, 1.82) is 0 Å². The van der Waals surface area contributed by atoms with Gasteiger partial charge in [0.25, 0.3) is 12.3 Å². The van der Waals surface area contributed by atoms with Gasteiger partial charge in [0.05, 0.1) is 6.54 Å². The summed E-state index contributed by atoms with van der Waals surface area (Å²) in [7, 11) is 0. The largest absolute Gasteiger partial charge is 0.349 e. The summed E-state index contributed by atoms with van der Waals surface area (Å²) in [5, 5.41) is 5.84. The van der Waals surface area contributed by atoms with E-state index in [4.69, 9.17) is 0 Å². The summed E-state index contributed by atoms with van der Waals surface area (Å²) in [6.45, 7) is 4.68. The molecular formula is C12H19F2N3O. The summed E-state index contributed by atoms with van der Waals surface area (Å²) >= 11 is 0. The van der Waals surface area contributed by atoms with Gasteiger partial charge in [-0.3, -0.25) is 4.79 Å². The highest BCUT2D eigenvalue weighted by Crippen LogP contribution is 2.06. The van der Waals surface area contributed by atoms with E-state index in [1.807, 2.05) is 13.8 Å². The highest BCUT2D eigenvalue weighted by Gasteiger charge is 2.13. The van der Waals surface area contributed by atoms with Gasteiger partial charge < -0.3 is 15.2 Å². The van der Waals surface area contributed by atoms with Crippen LogP contribution in [0.1, 0.15) is 24.3 Å². The smallest absolute Gasteiger partial charge is 0.267 e. The lowest BCUT2D eigenvalue weighted by Crippen LogP contribution is -2.35. The molecule has 0 aliphatic carbocycles. The number of rotatable bonds is 7. The molecular weight excluding hydrogens is 240 g/mol. The molecule has 0 aliphatic heterocycles. The van der Waals surface area contributed by atoms with E-state index in [1.54, 1.807) is 6.07 Å². The summed E-state index contributed by atoms with van der Waals surface area (Å²) in [4.78, 5) is 11.7. The van der Waals surface area contributed by atoms with E-state index in [-0.39, 0.29) is 11.6 Å². The van der Waals surface area contributed by atoms with Crippen molar-refractivity contribution in [2.24, 2.45) is 0 Å². The van der Waals surface area contributed by atoms with Gasteiger partial charge in [0.1, 0.15) is 5.69 Å². The van der Waals surface area contributed by atoms with Crippen molar-refractivity contribution >= 4 is 5.91 Å². The second-order valence-electron chi connectivity index (χ2n) is 4.30. The van der Waals surface area contributed by atoms with Crippen LogP contribution in [0.15, 0.2) is 18.3 Å². The molecule has 1 heterocycles. The third-order valence-electron chi connectivity index (χ3n) is 2.36. The summed E-state index contributed by atoms with van der Waals surface area (Å²) < 4.78 is 25.8. The highest BCUT2D eigenvalue weighted by molar-refractivity contribution is 5.92. The molecule has 1 aromatic heterocycles. The second-order valence-corrected chi connectivity index (χ2v) is 4.30.